The van der Waals surface area contributed by atoms with Crippen LogP contribution < -0.4 is 5.32 Å². The lowest BCUT2D eigenvalue weighted by Gasteiger charge is -2.23. The Morgan fingerprint density at radius 2 is 2.24 bits per heavy atom. The van der Waals surface area contributed by atoms with Crippen molar-refractivity contribution < 1.29 is 17.9 Å². The number of benzene rings is 1. The summed E-state index contributed by atoms with van der Waals surface area (Å²) in [5, 5.41) is 3.27. The summed E-state index contributed by atoms with van der Waals surface area (Å²) in [6.07, 6.45) is 1.58. The van der Waals surface area contributed by atoms with E-state index in [2.05, 4.69) is 26.0 Å². The highest BCUT2D eigenvalue weighted by Crippen LogP contribution is 2.20. The largest absolute Gasteiger partial charge is 0.465 e. The van der Waals surface area contributed by atoms with Gasteiger partial charge in [-0.25, -0.2) is 13.2 Å². The Morgan fingerprint density at radius 3 is 2.86 bits per heavy atom. The van der Waals surface area contributed by atoms with Crippen molar-refractivity contribution in [2.75, 3.05) is 18.6 Å². The molecule has 0 radical (unpaired) electrons. The zero-order valence-electron chi connectivity index (χ0n) is 11.8. The highest BCUT2D eigenvalue weighted by molar-refractivity contribution is 9.10. The minimum Gasteiger partial charge on any atom is -0.465 e. The first kappa shape index (κ1) is 16.5. The van der Waals surface area contributed by atoms with Gasteiger partial charge in [0.25, 0.3) is 0 Å². The van der Waals surface area contributed by atoms with Gasteiger partial charge in [0.1, 0.15) is 0 Å². The Labute approximate surface area is 133 Å². The van der Waals surface area contributed by atoms with Crippen LogP contribution in [0.2, 0.25) is 0 Å². The smallest absolute Gasteiger partial charge is 0.337 e. The average molecular weight is 376 g/mol. The number of rotatable bonds is 4. The molecule has 1 aromatic rings. The van der Waals surface area contributed by atoms with E-state index in [0.717, 1.165) is 16.5 Å². The second-order valence-electron chi connectivity index (χ2n) is 5.13. The number of sulfone groups is 1. The van der Waals surface area contributed by atoms with Crippen LogP contribution in [0.3, 0.4) is 0 Å². The van der Waals surface area contributed by atoms with Crippen LogP contribution >= 0.6 is 15.9 Å². The number of halogens is 1. The Hall–Kier alpha value is -0.920. The molecule has 1 saturated heterocycles. The van der Waals surface area contributed by atoms with E-state index in [4.69, 9.17) is 0 Å². The van der Waals surface area contributed by atoms with E-state index in [-0.39, 0.29) is 17.8 Å². The molecular weight excluding hydrogens is 358 g/mol. The fourth-order valence-electron chi connectivity index (χ4n) is 2.37. The van der Waals surface area contributed by atoms with Crippen LogP contribution in [0.1, 0.15) is 28.8 Å². The molecule has 1 aliphatic heterocycles. The lowest BCUT2D eigenvalue weighted by molar-refractivity contribution is 0.0600. The molecule has 1 aromatic carbocycles. The van der Waals surface area contributed by atoms with Gasteiger partial charge < -0.3 is 10.1 Å². The van der Waals surface area contributed by atoms with Gasteiger partial charge in [-0.05, 0) is 30.5 Å². The maximum atomic E-state index is 11.6. The molecule has 2 rings (SSSR count). The highest BCUT2D eigenvalue weighted by atomic mass is 79.9. The summed E-state index contributed by atoms with van der Waals surface area (Å²) in [7, 11) is -1.56. The molecule has 0 bridgehead atoms. The van der Waals surface area contributed by atoms with Crippen LogP contribution in [0, 0.1) is 0 Å². The summed E-state index contributed by atoms with van der Waals surface area (Å²) < 4.78 is 28.7. The highest BCUT2D eigenvalue weighted by Gasteiger charge is 2.24. The van der Waals surface area contributed by atoms with Gasteiger partial charge in [0.05, 0.1) is 24.2 Å². The molecule has 116 valence electrons. The lowest BCUT2D eigenvalue weighted by atomic mass is 10.1. The van der Waals surface area contributed by atoms with Gasteiger partial charge in [0.15, 0.2) is 9.84 Å². The third kappa shape index (κ3) is 4.52. The number of esters is 1. The second kappa shape index (κ2) is 6.89. The zero-order valence-corrected chi connectivity index (χ0v) is 14.2. The summed E-state index contributed by atoms with van der Waals surface area (Å²) >= 11 is 3.43. The van der Waals surface area contributed by atoms with Crippen molar-refractivity contribution in [2.24, 2.45) is 0 Å². The first-order valence-corrected chi connectivity index (χ1v) is 9.33. The maximum Gasteiger partial charge on any atom is 0.337 e. The predicted molar refractivity (Wildman–Crippen MR) is 84.0 cm³/mol. The quantitative estimate of drug-likeness (QED) is 0.813. The Balaban J connectivity index is 1.99. The lowest BCUT2D eigenvalue weighted by Crippen LogP contribution is -2.39. The van der Waals surface area contributed by atoms with Crippen molar-refractivity contribution in [2.45, 2.75) is 25.4 Å². The number of hydrogen-bond acceptors (Lipinski definition) is 5. The Bertz CT molecular complexity index is 630. The van der Waals surface area contributed by atoms with Crippen LogP contribution in [-0.4, -0.2) is 39.0 Å². The number of carbonyl (C=O) groups is 1. The van der Waals surface area contributed by atoms with Crippen LogP contribution in [0.5, 0.6) is 0 Å². The van der Waals surface area contributed by atoms with Crippen molar-refractivity contribution in [3.8, 4) is 0 Å². The molecule has 0 amide bonds. The molecule has 1 unspecified atom stereocenters. The van der Waals surface area contributed by atoms with Gasteiger partial charge >= 0.3 is 5.97 Å². The fourth-order valence-corrected chi connectivity index (χ4v) is 4.56. The number of carbonyl (C=O) groups excluding carboxylic acids is 1. The molecule has 0 aliphatic carbocycles. The van der Waals surface area contributed by atoms with Gasteiger partial charge in [-0.2, -0.15) is 0 Å². The van der Waals surface area contributed by atoms with Crippen LogP contribution in [-0.2, 0) is 21.1 Å². The number of nitrogens with one attached hydrogen (secondary N) is 1. The molecule has 1 aliphatic rings. The molecule has 1 N–H and O–H groups in total. The number of ether oxygens (including phenoxy) is 1. The molecular formula is C14H18BrNO4S. The standard InChI is InChI=1S/C14H18BrNO4S/c1-20-14(17)10-4-5-11(13(15)7-10)8-16-12-3-2-6-21(18,19)9-12/h4-5,7,12,16H,2-3,6,8-9H2,1H3. The van der Waals surface area contributed by atoms with Crippen molar-refractivity contribution in [3.05, 3.63) is 33.8 Å². The molecule has 1 atom stereocenters. The maximum absolute atomic E-state index is 11.6. The molecule has 7 heteroatoms. The zero-order chi connectivity index (χ0) is 15.5. The van der Waals surface area contributed by atoms with Crippen LogP contribution in [0.25, 0.3) is 0 Å². The SMILES string of the molecule is COC(=O)c1ccc(CNC2CCCS(=O)(=O)C2)c(Br)c1. The Kier molecular flexibility index (Phi) is 5.40. The van der Waals surface area contributed by atoms with E-state index in [1.165, 1.54) is 7.11 Å². The van der Waals surface area contributed by atoms with Gasteiger partial charge in [-0.15, -0.1) is 0 Å². The number of methoxy groups -OCH3 is 1. The molecule has 21 heavy (non-hydrogen) atoms. The predicted octanol–water partition coefficient (Wildman–Crippen LogP) is 1.90. The summed E-state index contributed by atoms with van der Waals surface area (Å²) in [4.78, 5) is 11.4. The van der Waals surface area contributed by atoms with Gasteiger partial charge in [0, 0.05) is 17.1 Å². The van der Waals surface area contributed by atoms with Gasteiger partial charge in [-0.1, -0.05) is 22.0 Å². The minimum absolute atomic E-state index is 0.00377. The van der Waals surface area contributed by atoms with E-state index in [9.17, 15) is 13.2 Å². The third-order valence-electron chi connectivity index (χ3n) is 3.52. The van der Waals surface area contributed by atoms with Gasteiger partial charge in [-0.3, -0.25) is 0 Å². The van der Waals surface area contributed by atoms with Gasteiger partial charge in [0.2, 0.25) is 0 Å². The first-order chi connectivity index (χ1) is 9.91. The van der Waals surface area contributed by atoms with Crippen LogP contribution in [0.4, 0.5) is 0 Å². The van der Waals surface area contributed by atoms with E-state index in [0.29, 0.717) is 24.3 Å². The van der Waals surface area contributed by atoms with Crippen LogP contribution in [0.15, 0.2) is 22.7 Å². The first-order valence-electron chi connectivity index (χ1n) is 6.72. The summed E-state index contributed by atoms with van der Waals surface area (Å²) in [5.41, 5.74) is 1.46. The Morgan fingerprint density at radius 1 is 1.48 bits per heavy atom. The topological polar surface area (TPSA) is 72.5 Å². The van der Waals surface area contributed by atoms with E-state index in [1.807, 2.05) is 6.07 Å². The van der Waals surface area contributed by atoms with E-state index in [1.54, 1.807) is 12.1 Å². The van der Waals surface area contributed by atoms with Crippen molar-refractivity contribution in [3.63, 3.8) is 0 Å². The third-order valence-corrected chi connectivity index (χ3v) is 6.08. The molecule has 1 heterocycles. The number of hydrogen-bond donors (Lipinski definition) is 1. The molecule has 0 spiro atoms. The normalized spacial score (nSPS) is 21.0. The van der Waals surface area contributed by atoms with Crippen molar-refractivity contribution in [1.82, 2.24) is 5.32 Å². The second-order valence-corrected chi connectivity index (χ2v) is 8.22. The summed E-state index contributed by atoms with van der Waals surface area (Å²) in [6.45, 7) is 0.558. The molecule has 0 saturated carbocycles. The summed E-state index contributed by atoms with van der Waals surface area (Å²) in [5.74, 6) is 0.113. The van der Waals surface area contributed by atoms with E-state index < -0.39 is 9.84 Å². The summed E-state index contributed by atoms with van der Waals surface area (Å²) in [6, 6.07) is 5.24. The molecule has 0 aromatic heterocycles. The van der Waals surface area contributed by atoms with Crippen molar-refractivity contribution in [1.29, 1.82) is 0 Å². The molecule has 5 nitrogen and oxygen atoms in total. The monoisotopic (exact) mass is 375 g/mol. The fraction of sp³-hybridized carbons (Fsp3) is 0.500. The molecule has 1 fully saturated rings. The average Bonchev–Trinajstić information content (AvgIpc) is 2.44. The van der Waals surface area contributed by atoms with Crippen molar-refractivity contribution >= 4 is 31.7 Å². The minimum atomic E-state index is -2.90. The van der Waals surface area contributed by atoms with E-state index >= 15 is 0 Å².